The van der Waals surface area contributed by atoms with Crippen molar-refractivity contribution in [2.75, 3.05) is 11.4 Å². The Balaban J connectivity index is 1.48. The summed E-state index contributed by atoms with van der Waals surface area (Å²) in [7, 11) is -2.35. The Morgan fingerprint density at radius 1 is 0.969 bits per heavy atom. The smallest absolute Gasteiger partial charge is 0.339 e. The van der Waals surface area contributed by atoms with Crippen molar-refractivity contribution in [1.29, 1.82) is 0 Å². The number of benzene rings is 3. The average Bonchev–Trinajstić information content (AvgIpc) is 2.83. The predicted molar refractivity (Wildman–Crippen MR) is 118 cm³/mol. The van der Waals surface area contributed by atoms with Crippen LogP contribution in [0.15, 0.2) is 88.6 Å². The highest BCUT2D eigenvalue weighted by Crippen LogP contribution is 2.22. The van der Waals surface area contributed by atoms with Crippen molar-refractivity contribution in [3.63, 3.8) is 0 Å². The highest BCUT2D eigenvalue weighted by molar-refractivity contribution is 7.92. The van der Waals surface area contributed by atoms with Gasteiger partial charge < -0.3 is 4.74 Å². The van der Waals surface area contributed by atoms with Crippen molar-refractivity contribution in [1.82, 2.24) is 15.0 Å². The minimum atomic E-state index is -3.80. The lowest BCUT2D eigenvalue weighted by atomic mass is 10.2. The first kappa shape index (κ1) is 21.2. The Morgan fingerprint density at radius 2 is 1.62 bits per heavy atom. The lowest BCUT2D eigenvalue weighted by Crippen LogP contribution is -2.27. The van der Waals surface area contributed by atoms with E-state index in [1.54, 1.807) is 54.6 Å². The zero-order valence-electron chi connectivity index (χ0n) is 17.0. The predicted octanol–water partition coefficient (Wildman–Crippen LogP) is 2.43. The van der Waals surface area contributed by atoms with Crippen molar-refractivity contribution < 1.29 is 17.9 Å². The van der Waals surface area contributed by atoms with E-state index in [0.29, 0.717) is 16.6 Å². The molecule has 0 N–H and O–H groups in total. The number of ether oxygens (including phenoxy) is 1. The molecule has 0 aliphatic heterocycles. The molecule has 1 heterocycles. The summed E-state index contributed by atoms with van der Waals surface area (Å²) in [5, 5.41) is 8.04. The third-order valence-corrected chi connectivity index (χ3v) is 6.62. The minimum absolute atomic E-state index is 0.0250. The first-order chi connectivity index (χ1) is 15.4. The van der Waals surface area contributed by atoms with Gasteiger partial charge in [-0.2, -0.15) is 4.68 Å². The zero-order chi connectivity index (χ0) is 22.7. The first-order valence-electron chi connectivity index (χ1n) is 9.51. The van der Waals surface area contributed by atoms with Gasteiger partial charge >= 0.3 is 5.97 Å². The number of hydrogen-bond donors (Lipinski definition) is 0. The van der Waals surface area contributed by atoms with Crippen LogP contribution in [-0.4, -0.2) is 36.4 Å². The van der Waals surface area contributed by atoms with Gasteiger partial charge in [-0.05, 0) is 48.5 Å². The number of sulfonamides is 1. The van der Waals surface area contributed by atoms with E-state index in [2.05, 4.69) is 10.3 Å². The van der Waals surface area contributed by atoms with Crippen LogP contribution >= 0.6 is 0 Å². The van der Waals surface area contributed by atoms with Crippen molar-refractivity contribution in [3.05, 3.63) is 94.8 Å². The second kappa shape index (κ2) is 8.60. The molecule has 0 fully saturated rings. The molecule has 0 radical (unpaired) electrons. The zero-order valence-corrected chi connectivity index (χ0v) is 17.8. The Kier molecular flexibility index (Phi) is 5.69. The fourth-order valence-electron chi connectivity index (χ4n) is 3.01. The standard InChI is InChI=1S/C22H18N4O5S/c1-25(17-7-3-2-4-8-17)32(29,30)18-13-11-16(12-14-18)22(28)31-15-26-21(27)19-9-5-6-10-20(19)23-24-26/h2-14H,15H2,1H3. The molecular formula is C22H18N4O5S. The molecule has 0 amide bonds. The third kappa shape index (κ3) is 4.08. The van der Waals surface area contributed by atoms with Gasteiger partial charge in [0.1, 0.15) is 5.52 Å². The van der Waals surface area contributed by atoms with Gasteiger partial charge in [-0.1, -0.05) is 35.5 Å². The SMILES string of the molecule is CN(c1ccccc1)S(=O)(=O)c1ccc(C(=O)OCn2nnc3ccccc3c2=O)cc1. The van der Waals surface area contributed by atoms with Gasteiger partial charge in [0.25, 0.3) is 15.6 Å². The average molecular weight is 450 g/mol. The van der Waals surface area contributed by atoms with Gasteiger partial charge in [0.2, 0.25) is 0 Å². The van der Waals surface area contributed by atoms with E-state index in [1.165, 1.54) is 31.3 Å². The van der Waals surface area contributed by atoms with Gasteiger partial charge in [0.15, 0.2) is 6.73 Å². The summed E-state index contributed by atoms with van der Waals surface area (Å²) in [6, 6.07) is 20.7. The van der Waals surface area contributed by atoms with Gasteiger partial charge in [-0.3, -0.25) is 9.10 Å². The maximum atomic E-state index is 12.8. The lowest BCUT2D eigenvalue weighted by Gasteiger charge is -2.19. The molecule has 0 atom stereocenters. The minimum Gasteiger partial charge on any atom is -0.439 e. The molecule has 0 bridgehead atoms. The fourth-order valence-corrected chi connectivity index (χ4v) is 4.20. The maximum absolute atomic E-state index is 12.8. The fraction of sp³-hybridized carbons (Fsp3) is 0.0909. The molecule has 0 unspecified atom stereocenters. The molecule has 4 aromatic rings. The Bertz CT molecular complexity index is 1430. The van der Waals surface area contributed by atoms with Crippen molar-refractivity contribution >= 4 is 32.6 Å². The molecule has 162 valence electrons. The summed E-state index contributed by atoms with van der Waals surface area (Å²) in [4.78, 5) is 24.8. The van der Waals surface area contributed by atoms with E-state index in [4.69, 9.17) is 4.74 Å². The van der Waals surface area contributed by atoms with Crippen LogP contribution in [0.2, 0.25) is 0 Å². The number of nitrogens with zero attached hydrogens (tertiary/aromatic N) is 4. The monoisotopic (exact) mass is 450 g/mol. The summed E-state index contributed by atoms with van der Waals surface area (Å²) in [6.07, 6.45) is 0. The van der Waals surface area contributed by atoms with Crippen LogP contribution < -0.4 is 9.86 Å². The number of para-hydroxylation sites is 1. The number of fused-ring (bicyclic) bond motifs is 1. The molecule has 1 aromatic heterocycles. The second-order valence-electron chi connectivity index (χ2n) is 6.80. The van der Waals surface area contributed by atoms with Crippen LogP contribution in [0.1, 0.15) is 10.4 Å². The molecule has 4 rings (SSSR count). The highest BCUT2D eigenvalue weighted by Gasteiger charge is 2.21. The normalized spacial score (nSPS) is 11.3. The van der Waals surface area contributed by atoms with Gasteiger partial charge in [0.05, 0.1) is 21.5 Å². The lowest BCUT2D eigenvalue weighted by molar-refractivity contribution is 0.0336. The van der Waals surface area contributed by atoms with Crippen LogP contribution in [0, 0.1) is 0 Å². The summed E-state index contributed by atoms with van der Waals surface area (Å²) in [5.74, 6) is -0.729. The molecule has 32 heavy (non-hydrogen) atoms. The molecule has 0 spiro atoms. The maximum Gasteiger partial charge on any atom is 0.339 e. The highest BCUT2D eigenvalue weighted by atomic mass is 32.2. The summed E-state index contributed by atoms with van der Waals surface area (Å²) in [6.45, 7) is -0.424. The molecule has 9 nitrogen and oxygen atoms in total. The Hall–Kier alpha value is -4.05. The van der Waals surface area contributed by atoms with Crippen molar-refractivity contribution in [2.24, 2.45) is 0 Å². The molecular weight excluding hydrogens is 432 g/mol. The van der Waals surface area contributed by atoms with E-state index in [0.717, 1.165) is 8.99 Å². The summed E-state index contributed by atoms with van der Waals surface area (Å²) >= 11 is 0. The molecule has 3 aromatic carbocycles. The molecule has 10 heteroatoms. The first-order valence-corrected chi connectivity index (χ1v) is 11.0. The number of carbonyl (C=O) groups excluding carboxylic acids is 1. The number of esters is 1. The van der Waals surface area contributed by atoms with Gasteiger partial charge in [-0.25, -0.2) is 13.2 Å². The van der Waals surface area contributed by atoms with Gasteiger partial charge in [0, 0.05) is 7.05 Å². The van der Waals surface area contributed by atoms with Crippen LogP contribution in [0.5, 0.6) is 0 Å². The van der Waals surface area contributed by atoms with E-state index in [9.17, 15) is 18.0 Å². The Labute approximate surface area is 183 Å². The van der Waals surface area contributed by atoms with Crippen LogP contribution in [0.25, 0.3) is 10.9 Å². The number of anilines is 1. The number of aromatic nitrogens is 3. The number of carbonyl (C=O) groups is 1. The molecule has 0 saturated heterocycles. The Morgan fingerprint density at radius 3 is 2.34 bits per heavy atom. The topological polar surface area (TPSA) is 111 Å². The van der Waals surface area contributed by atoms with Crippen LogP contribution in [-0.2, 0) is 21.5 Å². The van der Waals surface area contributed by atoms with E-state index < -0.39 is 28.3 Å². The summed E-state index contributed by atoms with van der Waals surface area (Å²) in [5.41, 5.74) is 0.650. The van der Waals surface area contributed by atoms with E-state index in [-0.39, 0.29) is 10.5 Å². The molecule has 0 aliphatic carbocycles. The van der Waals surface area contributed by atoms with Crippen molar-refractivity contribution in [2.45, 2.75) is 11.6 Å². The quantitative estimate of drug-likeness (QED) is 0.415. The van der Waals surface area contributed by atoms with Crippen LogP contribution in [0.3, 0.4) is 0 Å². The number of rotatable bonds is 6. The van der Waals surface area contributed by atoms with Crippen LogP contribution in [0.4, 0.5) is 5.69 Å². The second-order valence-corrected chi connectivity index (χ2v) is 8.77. The molecule has 0 aliphatic rings. The van der Waals surface area contributed by atoms with Gasteiger partial charge in [-0.15, -0.1) is 5.10 Å². The van der Waals surface area contributed by atoms with E-state index in [1.807, 2.05) is 0 Å². The summed E-state index contributed by atoms with van der Waals surface area (Å²) < 4.78 is 32.9. The number of hydrogen-bond acceptors (Lipinski definition) is 7. The third-order valence-electron chi connectivity index (χ3n) is 4.82. The molecule has 0 saturated carbocycles. The van der Waals surface area contributed by atoms with E-state index >= 15 is 0 Å². The van der Waals surface area contributed by atoms with Crippen molar-refractivity contribution in [3.8, 4) is 0 Å². The largest absolute Gasteiger partial charge is 0.439 e.